The van der Waals surface area contributed by atoms with E-state index in [-0.39, 0.29) is 32.0 Å². The normalized spacial score (nSPS) is 14.8. The molecule has 200 valence electrons. The number of aliphatic hydroxyl groups is 1. The number of aliphatic hydroxyl groups excluding tert-OH is 1. The van der Waals surface area contributed by atoms with Crippen molar-refractivity contribution in [2.45, 2.75) is 90.9 Å². The third-order valence-electron chi connectivity index (χ3n) is 4.86. The maximum Gasteiger partial charge on any atom is 0.408 e. The third kappa shape index (κ3) is 13.1. The summed E-state index contributed by atoms with van der Waals surface area (Å²) < 4.78 is 10.3. The lowest BCUT2D eigenvalue weighted by Gasteiger charge is -2.39. The molecule has 0 saturated heterocycles. The highest BCUT2D eigenvalue weighted by molar-refractivity contribution is 6.59. The Labute approximate surface area is 202 Å². The van der Waals surface area contributed by atoms with Crippen LogP contribution in [0.3, 0.4) is 0 Å². The third-order valence-corrected chi connectivity index (χ3v) is 4.86. The van der Waals surface area contributed by atoms with Crippen molar-refractivity contribution in [1.29, 1.82) is 0 Å². The van der Waals surface area contributed by atoms with Crippen LogP contribution in [0, 0.1) is 5.92 Å². The van der Waals surface area contributed by atoms with Crippen LogP contribution in [0.1, 0.15) is 67.2 Å². The van der Waals surface area contributed by atoms with Crippen LogP contribution in [0.15, 0.2) is 0 Å². The van der Waals surface area contributed by atoms with Gasteiger partial charge >= 0.3 is 12.8 Å². The van der Waals surface area contributed by atoms with Crippen molar-refractivity contribution in [3.8, 4) is 0 Å². The van der Waals surface area contributed by atoms with E-state index in [1.807, 2.05) is 0 Å². The van der Waals surface area contributed by atoms with Crippen molar-refractivity contribution in [3.05, 3.63) is 0 Å². The average molecular weight is 491 g/mol. The standard InChI is InChI=1S/C21H44BN4O8/c1-14(2)17(26-18(28)15(3)24-20(30)34-21(4,5)6)19(29)25-16(10-7-8-11-23)22(31,32)33-13-9-12-27/h14-17,27,31-32H,7-13,23H2,1-6H3,(H,24,30)(H,25,29)(H,26,28)/q-1/t15-,16-,17-/m0/s1. The zero-order valence-electron chi connectivity index (χ0n) is 21.3. The number of rotatable bonds is 15. The largest absolute Gasteiger partial charge is 0.558 e. The fraction of sp³-hybridized carbons (Fsp3) is 0.857. The molecule has 0 rings (SSSR count). The number of nitrogens with one attached hydrogen (secondary N) is 3. The molecule has 0 aliphatic carbocycles. The molecule has 0 bridgehead atoms. The summed E-state index contributed by atoms with van der Waals surface area (Å²) in [6.07, 6.45) is 0.720. The summed E-state index contributed by atoms with van der Waals surface area (Å²) >= 11 is 0. The second-order valence-corrected chi connectivity index (χ2v) is 9.71. The van der Waals surface area contributed by atoms with Gasteiger partial charge in [-0.25, -0.2) is 4.79 Å². The maximum absolute atomic E-state index is 13.0. The minimum atomic E-state index is -3.43. The topological polar surface area (TPSA) is 192 Å². The van der Waals surface area contributed by atoms with Gasteiger partial charge in [-0.15, -0.1) is 0 Å². The molecule has 34 heavy (non-hydrogen) atoms. The van der Waals surface area contributed by atoms with E-state index < -0.39 is 48.3 Å². The lowest BCUT2D eigenvalue weighted by molar-refractivity contribution is -0.131. The van der Waals surface area contributed by atoms with Crippen molar-refractivity contribution >= 4 is 24.7 Å². The molecule has 0 unspecified atom stereocenters. The smallest absolute Gasteiger partial charge is 0.408 e. The van der Waals surface area contributed by atoms with Gasteiger partial charge in [0.15, 0.2) is 0 Å². The lowest BCUT2D eigenvalue weighted by Crippen LogP contribution is -2.63. The van der Waals surface area contributed by atoms with Crippen LogP contribution in [0.25, 0.3) is 0 Å². The van der Waals surface area contributed by atoms with Crippen LogP contribution in [0.2, 0.25) is 0 Å². The number of alkyl carbamates (subject to hydrolysis) is 1. The van der Waals surface area contributed by atoms with Gasteiger partial charge in [0.1, 0.15) is 17.7 Å². The van der Waals surface area contributed by atoms with Gasteiger partial charge in [0.2, 0.25) is 11.8 Å². The average Bonchev–Trinajstić information content (AvgIpc) is 2.69. The number of carbonyl (C=O) groups excluding carboxylic acids is 3. The van der Waals surface area contributed by atoms with Crippen LogP contribution >= 0.6 is 0 Å². The molecule has 0 aromatic rings. The molecule has 0 aromatic heterocycles. The highest BCUT2D eigenvalue weighted by Gasteiger charge is 2.36. The molecule has 0 aliphatic heterocycles. The second-order valence-electron chi connectivity index (χ2n) is 9.71. The monoisotopic (exact) mass is 491 g/mol. The Hall–Kier alpha value is -1.93. The van der Waals surface area contributed by atoms with Crippen LogP contribution < -0.4 is 21.7 Å². The molecule has 12 nitrogen and oxygen atoms in total. The summed E-state index contributed by atoms with van der Waals surface area (Å²) in [7, 11) is 0. The molecule has 3 amide bonds. The Morgan fingerprint density at radius 2 is 1.59 bits per heavy atom. The van der Waals surface area contributed by atoms with E-state index in [0.717, 1.165) is 0 Å². The molecular weight excluding hydrogens is 447 g/mol. The number of hydrogen-bond donors (Lipinski definition) is 7. The quantitative estimate of drug-likeness (QED) is 0.117. The fourth-order valence-electron chi connectivity index (χ4n) is 2.98. The number of unbranched alkanes of at least 4 members (excludes halogenated alkanes) is 1. The lowest BCUT2D eigenvalue weighted by atomic mass is 9.67. The van der Waals surface area contributed by atoms with E-state index in [0.29, 0.717) is 19.4 Å². The predicted octanol–water partition coefficient (Wildman–Crippen LogP) is -0.484. The van der Waals surface area contributed by atoms with E-state index in [2.05, 4.69) is 16.0 Å². The molecule has 0 heterocycles. The minimum Gasteiger partial charge on any atom is -0.558 e. The van der Waals surface area contributed by atoms with E-state index in [1.165, 1.54) is 6.92 Å². The van der Waals surface area contributed by atoms with Crippen LogP contribution in [0.4, 0.5) is 4.79 Å². The number of hydrogen-bond acceptors (Lipinski definition) is 9. The second kappa shape index (κ2) is 15.1. The van der Waals surface area contributed by atoms with Gasteiger partial charge in [-0.3, -0.25) is 9.59 Å². The minimum absolute atomic E-state index is 0.106. The van der Waals surface area contributed by atoms with E-state index >= 15 is 0 Å². The fourth-order valence-corrected chi connectivity index (χ4v) is 2.98. The SMILES string of the molecule is CC(C)[C@H](NC(=O)[C@H](C)NC(=O)OC(C)(C)C)C(=O)N[C@@H](CCCCN)[B-](O)(O)OCCCO. The Balaban J connectivity index is 5.29. The Kier molecular flexibility index (Phi) is 14.3. The Bertz CT molecular complexity index is 643. The highest BCUT2D eigenvalue weighted by Crippen LogP contribution is 2.13. The molecular formula is C21H44BN4O8-. The number of nitrogens with two attached hydrogens (primary N) is 1. The van der Waals surface area contributed by atoms with E-state index in [9.17, 15) is 24.4 Å². The van der Waals surface area contributed by atoms with Crippen LogP contribution in [0.5, 0.6) is 0 Å². The first kappa shape index (κ1) is 32.1. The zero-order chi connectivity index (χ0) is 26.5. The van der Waals surface area contributed by atoms with Gasteiger partial charge in [0.25, 0.3) is 0 Å². The highest BCUT2D eigenvalue weighted by atomic mass is 16.6. The summed E-state index contributed by atoms with van der Waals surface area (Å²) in [5.74, 6) is -2.74. The van der Waals surface area contributed by atoms with Gasteiger partial charge in [-0.2, -0.15) is 0 Å². The van der Waals surface area contributed by atoms with Gasteiger partial charge in [-0.1, -0.05) is 26.7 Å². The van der Waals surface area contributed by atoms with Crippen molar-refractivity contribution in [1.82, 2.24) is 16.0 Å². The Morgan fingerprint density at radius 3 is 2.09 bits per heavy atom. The van der Waals surface area contributed by atoms with Gasteiger partial charge in [-0.05, 0) is 58.9 Å². The first-order valence-electron chi connectivity index (χ1n) is 11.8. The molecule has 8 N–H and O–H groups in total. The van der Waals surface area contributed by atoms with Crippen molar-refractivity contribution in [2.75, 3.05) is 19.8 Å². The number of ether oxygens (including phenoxy) is 1. The van der Waals surface area contributed by atoms with Crippen LogP contribution in [-0.4, -0.2) is 83.2 Å². The first-order chi connectivity index (χ1) is 15.6. The summed E-state index contributed by atoms with van der Waals surface area (Å²) in [6.45, 7) is 6.64. The number of carbonyl (C=O) groups is 3. The van der Waals surface area contributed by atoms with Gasteiger partial charge in [0.05, 0.1) is 0 Å². The molecule has 0 spiro atoms. The van der Waals surface area contributed by atoms with E-state index in [1.54, 1.807) is 34.6 Å². The number of amides is 3. The first-order valence-corrected chi connectivity index (χ1v) is 11.8. The molecule has 13 heteroatoms. The zero-order valence-corrected chi connectivity index (χ0v) is 21.3. The Morgan fingerprint density at radius 1 is 0.971 bits per heavy atom. The maximum atomic E-state index is 13.0. The van der Waals surface area contributed by atoms with Gasteiger partial charge < -0.3 is 46.2 Å². The van der Waals surface area contributed by atoms with Crippen molar-refractivity contribution in [3.63, 3.8) is 0 Å². The summed E-state index contributed by atoms with van der Waals surface area (Å²) in [6, 6.07) is -2.00. The van der Waals surface area contributed by atoms with E-state index in [4.69, 9.17) is 20.2 Å². The molecule has 0 aliphatic rings. The van der Waals surface area contributed by atoms with Crippen molar-refractivity contribution < 1.29 is 38.9 Å². The molecule has 0 fully saturated rings. The summed E-state index contributed by atoms with van der Waals surface area (Å²) in [5.41, 5.74) is 4.78. The predicted molar refractivity (Wildman–Crippen MR) is 128 cm³/mol. The van der Waals surface area contributed by atoms with Crippen molar-refractivity contribution in [2.24, 2.45) is 11.7 Å². The molecule has 3 atom stereocenters. The van der Waals surface area contributed by atoms with Crippen LogP contribution in [-0.2, 0) is 19.0 Å². The van der Waals surface area contributed by atoms with Gasteiger partial charge in [0, 0.05) is 13.2 Å². The molecule has 0 saturated carbocycles. The summed E-state index contributed by atoms with van der Waals surface area (Å²) in [5, 5.41) is 37.4. The molecule has 0 aromatic carbocycles. The molecule has 0 radical (unpaired) electrons. The summed E-state index contributed by atoms with van der Waals surface area (Å²) in [4.78, 5) is 37.5.